The number of rotatable bonds is 3. The Morgan fingerprint density at radius 2 is 2.15 bits per heavy atom. The zero-order valence-electron chi connectivity index (χ0n) is 11.9. The molecule has 6 heteroatoms. The van der Waals surface area contributed by atoms with Gasteiger partial charge in [-0.15, -0.1) is 11.3 Å². The number of carbonyl (C=O) groups excluding carboxylic acids is 1. The summed E-state index contributed by atoms with van der Waals surface area (Å²) in [5, 5.41) is 5.88. The third-order valence-corrected chi connectivity index (χ3v) is 3.45. The van der Waals surface area contributed by atoms with E-state index in [-0.39, 0.29) is 11.4 Å². The second-order valence-electron chi connectivity index (χ2n) is 5.33. The van der Waals surface area contributed by atoms with Crippen molar-refractivity contribution in [3.63, 3.8) is 0 Å². The lowest BCUT2D eigenvalue weighted by atomic mass is 9.93. The first-order valence-corrected chi connectivity index (χ1v) is 7.05. The van der Waals surface area contributed by atoms with Gasteiger partial charge in [0.25, 0.3) is 0 Å². The number of aromatic nitrogens is 2. The maximum atomic E-state index is 11.5. The van der Waals surface area contributed by atoms with E-state index in [2.05, 4.69) is 40.8 Å². The Morgan fingerprint density at radius 1 is 1.40 bits per heavy atom. The Labute approximate surface area is 122 Å². The fourth-order valence-electron chi connectivity index (χ4n) is 1.53. The highest BCUT2D eigenvalue weighted by molar-refractivity contribution is 7.13. The second kappa shape index (κ2) is 5.58. The number of nitrogens with one attached hydrogen (secondary N) is 1. The van der Waals surface area contributed by atoms with Crippen molar-refractivity contribution in [1.29, 1.82) is 0 Å². The van der Waals surface area contributed by atoms with Crippen LogP contribution in [0.15, 0.2) is 23.7 Å². The number of anilines is 2. The number of carbonyl (C=O) groups is 1. The molecule has 0 radical (unpaired) electrons. The molecule has 0 unspecified atom stereocenters. The van der Waals surface area contributed by atoms with Crippen molar-refractivity contribution in [2.75, 3.05) is 12.4 Å². The highest BCUT2D eigenvalue weighted by atomic mass is 32.1. The largest absolute Gasteiger partial charge is 0.465 e. The molecule has 0 atom stereocenters. The van der Waals surface area contributed by atoms with Gasteiger partial charge in [0, 0.05) is 17.0 Å². The van der Waals surface area contributed by atoms with Crippen molar-refractivity contribution in [1.82, 2.24) is 9.97 Å². The van der Waals surface area contributed by atoms with Crippen LogP contribution in [0.4, 0.5) is 10.9 Å². The number of esters is 1. The monoisotopic (exact) mass is 291 g/mol. The Morgan fingerprint density at radius 3 is 2.75 bits per heavy atom. The van der Waals surface area contributed by atoms with Gasteiger partial charge >= 0.3 is 5.97 Å². The van der Waals surface area contributed by atoms with Gasteiger partial charge in [-0.1, -0.05) is 20.8 Å². The van der Waals surface area contributed by atoms with Gasteiger partial charge in [-0.2, -0.15) is 0 Å². The summed E-state index contributed by atoms with van der Waals surface area (Å²) >= 11 is 1.51. The topological polar surface area (TPSA) is 64.1 Å². The number of thiazole rings is 1. The van der Waals surface area contributed by atoms with E-state index in [1.54, 1.807) is 18.3 Å². The lowest BCUT2D eigenvalue weighted by Crippen LogP contribution is -2.11. The Bertz CT molecular complexity index is 617. The average Bonchev–Trinajstić information content (AvgIpc) is 2.86. The lowest BCUT2D eigenvalue weighted by molar-refractivity contribution is 0.0600. The predicted octanol–water partition coefficient (Wildman–Crippen LogP) is 3.37. The lowest BCUT2D eigenvalue weighted by Gasteiger charge is -2.14. The van der Waals surface area contributed by atoms with Crippen molar-refractivity contribution >= 4 is 28.3 Å². The standard InChI is InChI=1S/C14H17N3O2S/c1-14(2,3)10-8-20-13(16-10)17-11-7-9(5-6-15-11)12(18)19-4/h5-8H,1-4H3,(H,15,16,17). The average molecular weight is 291 g/mol. The second-order valence-corrected chi connectivity index (χ2v) is 6.19. The van der Waals surface area contributed by atoms with Gasteiger partial charge in [0.15, 0.2) is 5.13 Å². The van der Waals surface area contributed by atoms with E-state index in [1.807, 2.05) is 5.38 Å². The summed E-state index contributed by atoms with van der Waals surface area (Å²) in [7, 11) is 1.35. The highest BCUT2D eigenvalue weighted by Gasteiger charge is 2.17. The van der Waals surface area contributed by atoms with Gasteiger partial charge in [0.1, 0.15) is 5.82 Å². The van der Waals surface area contributed by atoms with Gasteiger partial charge in [0.05, 0.1) is 18.4 Å². The first-order chi connectivity index (χ1) is 9.40. The number of hydrogen-bond acceptors (Lipinski definition) is 6. The van der Waals surface area contributed by atoms with Crippen LogP contribution in [0.3, 0.4) is 0 Å². The zero-order valence-corrected chi connectivity index (χ0v) is 12.7. The van der Waals surface area contributed by atoms with Crippen LogP contribution in [0.1, 0.15) is 36.8 Å². The SMILES string of the molecule is COC(=O)c1ccnc(Nc2nc(C(C)(C)C)cs2)c1. The fourth-order valence-corrected chi connectivity index (χ4v) is 2.47. The number of nitrogens with zero attached hydrogens (tertiary/aromatic N) is 2. The molecule has 1 N–H and O–H groups in total. The summed E-state index contributed by atoms with van der Waals surface area (Å²) in [6, 6.07) is 3.25. The van der Waals surface area contributed by atoms with Crippen LogP contribution in [0.2, 0.25) is 0 Å². The minimum absolute atomic E-state index is 0.0116. The normalized spacial score (nSPS) is 11.2. The maximum absolute atomic E-state index is 11.5. The van der Waals surface area contributed by atoms with E-state index < -0.39 is 0 Å². The molecule has 5 nitrogen and oxygen atoms in total. The molecule has 0 bridgehead atoms. The van der Waals surface area contributed by atoms with Crippen molar-refractivity contribution in [3.8, 4) is 0 Å². The molecule has 0 aliphatic rings. The number of ether oxygens (including phenoxy) is 1. The van der Waals surface area contributed by atoms with Gasteiger partial charge in [-0.3, -0.25) is 0 Å². The molecule has 106 valence electrons. The molecule has 2 heterocycles. The molecule has 0 amide bonds. The van der Waals surface area contributed by atoms with Crippen LogP contribution >= 0.6 is 11.3 Å². The molecule has 0 saturated heterocycles. The number of hydrogen-bond donors (Lipinski definition) is 1. The predicted molar refractivity (Wildman–Crippen MR) is 79.7 cm³/mol. The Hall–Kier alpha value is -1.95. The van der Waals surface area contributed by atoms with Crippen molar-refractivity contribution < 1.29 is 9.53 Å². The van der Waals surface area contributed by atoms with Gasteiger partial charge in [-0.25, -0.2) is 14.8 Å². The summed E-state index contributed by atoms with van der Waals surface area (Å²) in [6.07, 6.45) is 1.56. The first kappa shape index (κ1) is 14.5. The van der Waals surface area contributed by atoms with Gasteiger partial charge in [-0.05, 0) is 12.1 Å². The van der Waals surface area contributed by atoms with Crippen LogP contribution in [-0.4, -0.2) is 23.0 Å². The van der Waals surface area contributed by atoms with Crippen LogP contribution in [0, 0.1) is 0 Å². The van der Waals surface area contributed by atoms with Crippen molar-refractivity contribution in [2.45, 2.75) is 26.2 Å². The van der Waals surface area contributed by atoms with Crippen LogP contribution in [-0.2, 0) is 10.2 Å². The smallest absolute Gasteiger partial charge is 0.338 e. The molecular formula is C14H17N3O2S. The van der Waals surface area contributed by atoms with Crippen LogP contribution in [0.25, 0.3) is 0 Å². The van der Waals surface area contributed by atoms with E-state index in [4.69, 9.17) is 0 Å². The third-order valence-electron chi connectivity index (χ3n) is 2.69. The maximum Gasteiger partial charge on any atom is 0.338 e. The van der Waals surface area contributed by atoms with E-state index in [0.717, 1.165) is 10.8 Å². The minimum Gasteiger partial charge on any atom is -0.465 e. The zero-order chi connectivity index (χ0) is 14.8. The minimum atomic E-state index is -0.384. The summed E-state index contributed by atoms with van der Waals surface area (Å²) in [4.78, 5) is 20.2. The summed E-state index contributed by atoms with van der Waals surface area (Å²) < 4.78 is 4.68. The summed E-state index contributed by atoms with van der Waals surface area (Å²) in [5.74, 6) is 0.188. The van der Waals surface area contributed by atoms with Crippen molar-refractivity contribution in [2.24, 2.45) is 0 Å². The fraction of sp³-hybridized carbons (Fsp3) is 0.357. The third kappa shape index (κ3) is 3.33. The van der Waals surface area contributed by atoms with Crippen LogP contribution < -0.4 is 5.32 Å². The molecule has 0 aliphatic carbocycles. The quantitative estimate of drug-likeness (QED) is 0.878. The summed E-state index contributed by atoms with van der Waals surface area (Å²) in [5.41, 5.74) is 1.49. The molecule has 2 aromatic heterocycles. The van der Waals surface area contributed by atoms with Gasteiger partial charge < -0.3 is 10.1 Å². The molecule has 0 fully saturated rings. The summed E-state index contributed by atoms with van der Waals surface area (Å²) in [6.45, 7) is 6.34. The first-order valence-electron chi connectivity index (χ1n) is 6.17. The molecule has 20 heavy (non-hydrogen) atoms. The Balaban J connectivity index is 2.18. The van der Waals surface area contributed by atoms with E-state index in [9.17, 15) is 4.79 Å². The number of methoxy groups -OCH3 is 1. The van der Waals surface area contributed by atoms with E-state index in [0.29, 0.717) is 11.4 Å². The van der Waals surface area contributed by atoms with E-state index in [1.165, 1.54) is 18.4 Å². The molecule has 0 aliphatic heterocycles. The molecule has 2 rings (SSSR count). The highest BCUT2D eigenvalue weighted by Crippen LogP contribution is 2.27. The molecule has 0 spiro atoms. The van der Waals surface area contributed by atoms with Gasteiger partial charge in [0.2, 0.25) is 0 Å². The molecule has 2 aromatic rings. The molecule has 0 saturated carbocycles. The van der Waals surface area contributed by atoms with E-state index >= 15 is 0 Å². The molecule has 0 aromatic carbocycles. The van der Waals surface area contributed by atoms with Crippen LogP contribution in [0.5, 0.6) is 0 Å². The molecular weight excluding hydrogens is 274 g/mol. The van der Waals surface area contributed by atoms with Crippen molar-refractivity contribution in [3.05, 3.63) is 35.0 Å². The Kier molecular flexibility index (Phi) is 4.04. The number of pyridine rings is 1.